The summed E-state index contributed by atoms with van der Waals surface area (Å²) in [6.45, 7) is 12.2. The van der Waals surface area contributed by atoms with Crippen molar-refractivity contribution in [1.82, 2.24) is 15.1 Å². The second kappa shape index (κ2) is 5.99. The maximum Gasteiger partial charge on any atom is 0.0349 e. The van der Waals surface area contributed by atoms with Gasteiger partial charge >= 0.3 is 0 Å². The zero-order valence-electron chi connectivity index (χ0n) is 10.9. The highest BCUT2D eigenvalue weighted by molar-refractivity contribution is 4.89. The summed E-state index contributed by atoms with van der Waals surface area (Å²) >= 11 is 0. The van der Waals surface area contributed by atoms with Gasteiger partial charge in [0.1, 0.15) is 0 Å². The average molecular weight is 225 g/mol. The van der Waals surface area contributed by atoms with Crippen LogP contribution in [-0.4, -0.2) is 61.2 Å². The quantitative estimate of drug-likeness (QED) is 0.732. The number of piperazine rings is 3. The molecular formula is C13H27N3. The summed E-state index contributed by atoms with van der Waals surface area (Å²) in [5.41, 5.74) is 0. The van der Waals surface area contributed by atoms with E-state index in [1.54, 1.807) is 0 Å². The minimum atomic E-state index is 0.691. The molecule has 94 valence electrons. The van der Waals surface area contributed by atoms with E-state index in [0.717, 1.165) is 6.04 Å². The second-order valence-corrected chi connectivity index (χ2v) is 5.44. The Kier molecular flexibility index (Phi) is 4.62. The molecule has 0 aromatic rings. The lowest BCUT2D eigenvalue weighted by molar-refractivity contribution is 0.0128. The van der Waals surface area contributed by atoms with Gasteiger partial charge in [0.2, 0.25) is 0 Å². The number of hydrogen-bond acceptors (Lipinski definition) is 3. The average Bonchev–Trinajstić information content (AvgIpc) is 2.35. The predicted molar refractivity (Wildman–Crippen MR) is 68.8 cm³/mol. The Morgan fingerprint density at radius 2 is 2.00 bits per heavy atom. The van der Waals surface area contributed by atoms with Crippen molar-refractivity contribution in [3.05, 3.63) is 0 Å². The van der Waals surface area contributed by atoms with Gasteiger partial charge in [-0.1, -0.05) is 19.8 Å². The molecule has 3 saturated heterocycles. The normalized spacial score (nSPS) is 35.2. The first-order valence-electron chi connectivity index (χ1n) is 6.99. The van der Waals surface area contributed by atoms with Crippen molar-refractivity contribution < 1.29 is 0 Å². The summed E-state index contributed by atoms with van der Waals surface area (Å²) in [6.07, 6.45) is 4.00. The van der Waals surface area contributed by atoms with E-state index in [1.807, 2.05) is 0 Å². The number of fused-ring (bicyclic) bond motifs is 3. The Morgan fingerprint density at radius 3 is 2.56 bits per heavy atom. The van der Waals surface area contributed by atoms with Crippen LogP contribution in [0.5, 0.6) is 0 Å². The molecule has 3 rings (SSSR count). The molecular weight excluding hydrogens is 198 g/mol. The van der Waals surface area contributed by atoms with Gasteiger partial charge in [-0.25, -0.2) is 0 Å². The van der Waals surface area contributed by atoms with Crippen molar-refractivity contribution in [2.24, 2.45) is 0 Å². The second-order valence-electron chi connectivity index (χ2n) is 5.44. The first-order valence-corrected chi connectivity index (χ1v) is 6.99. The van der Waals surface area contributed by atoms with E-state index < -0.39 is 0 Å². The van der Waals surface area contributed by atoms with Crippen LogP contribution in [0, 0.1) is 0 Å². The van der Waals surface area contributed by atoms with E-state index in [1.165, 1.54) is 58.5 Å². The van der Waals surface area contributed by atoms with Crippen LogP contribution < -0.4 is 5.32 Å². The molecule has 3 heteroatoms. The van der Waals surface area contributed by atoms with Crippen molar-refractivity contribution in [3.63, 3.8) is 0 Å². The zero-order chi connectivity index (χ0) is 11.4. The molecule has 3 fully saturated rings. The molecule has 2 unspecified atom stereocenters. The summed E-state index contributed by atoms with van der Waals surface area (Å²) in [5, 5.41) is 3.70. The zero-order valence-corrected chi connectivity index (χ0v) is 10.9. The van der Waals surface area contributed by atoms with Crippen molar-refractivity contribution in [1.29, 1.82) is 0 Å². The van der Waals surface area contributed by atoms with Crippen molar-refractivity contribution >= 4 is 0 Å². The Bertz CT molecular complexity index is 199. The van der Waals surface area contributed by atoms with Crippen molar-refractivity contribution in [2.45, 2.75) is 45.2 Å². The molecule has 0 amide bonds. The molecule has 1 N–H and O–H groups in total. The van der Waals surface area contributed by atoms with Gasteiger partial charge in [0.05, 0.1) is 0 Å². The van der Waals surface area contributed by atoms with Gasteiger partial charge in [0.15, 0.2) is 0 Å². The molecule has 2 atom stereocenters. The Labute approximate surface area is 100 Å². The first-order chi connectivity index (χ1) is 7.79. The maximum absolute atomic E-state index is 3.70. The van der Waals surface area contributed by atoms with Gasteiger partial charge in [-0.3, -0.25) is 9.80 Å². The summed E-state index contributed by atoms with van der Waals surface area (Å²) in [6, 6.07) is 1.46. The van der Waals surface area contributed by atoms with Gasteiger partial charge in [-0.05, 0) is 13.3 Å². The van der Waals surface area contributed by atoms with Crippen molar-refractivity contribution in [3.8, 4) is 0 Å². The fourth-order valence-electron chi connectivity index (χ4n) is 2.87. The molecule has 0 aliphatic carbocycles. The van der Waals surface area contributed by atoms with Crippen LogP contribution >= 0.6 is 0 Å². The lowest BCUT2D eigenvalue weighted by Crippen LogP contribution is -2.63. The smallest absolute Gasteiger partial charge is 0.0349 e. The fourth-order valence-corrected chi connectivity index (χ4v) is 2.87. The Balaban J connectivity index is 1.66. The monoisotopic (exact) mass is 225 g/mol. The van der Waals surface area contributed by atoms with E-state index in [2.05, 4.69) is 29.0 Å². The molecule has 2 bridgehead atoms. The third kappa shape index (κ3) is 3.19. The van der Waals surface area contributed by atoms with Gasteiger partial charge in [-0.15, -0.1) is 0 Å². The topological polar surface area (TPSA) is 18.5 Å². The third-order valence-corrected chi connectivity index (χ3v) is 4.08. The maximum atomic E-state index is 3.70. The summed E-state index contributed by atoms with van der Waals surface area (Å²) in [7, 11) is 0. The number of rotatable bonds is 6. The molecule has 0 spiro atoms. The van der Waals surface area contributed by atoms with Crippen LogP contribution in [0.2, 0.25) is 0 Å². The van der Waals surface area contributed by atoms with Crippen LogP contribution in [0.25, 0.3) is 0 Å². The fraction of sp³-hybridized carbons (Fsp3) is 1.00. The van der Waals surface area contributed by atoms with E-state index in [-0.39, 0.29) is 0 Å². The van der Waals surface area contributed by atoms with Crippen LogP contribution in [0.4, 0.5) is 0 Å². The minimum Gasteiger partial charge on any atom is -0.313 e. The van der Waals surface area contributed by atoms with E-state index in [9.17, 15) is 0 Å². The summed E-state index contributed by atoms with van der Waals surface area (Å²) in [5.74, 6) is 0. The van der Waals surface area contributed by atoms with Crippen LogP contribution in [-0.2, 0) is 0 Å². The highest BCUT2D eigenvalue weighted by Crippen LogP contribution is 2.15. The molecule has 0 aromatic carbocycles. The summed E-state index contributed by atoms with van der Waals surface area (Å²) in [4.78, 5) is 5.28. The molecule has 3 aliphatic rings. The molecule has 3 heterocycles. The van der Waals surface area contributed by atoms with E-state index >= 15 is 0 Å². The Morgan fingerprint density at radius 1 is 1.25 bits per heavy atom. The van der Waals surface area contributed by atoms with E-state index in [4.69, 9.17) is 0 Å². The predicted octanol–water partition coefficient (Wildman–Crippen LogP) is 1.15. The van der Waals surface area contributed by atoms with Crippen molar-refractivity contribution in [2.75, 3.05) is 39.3 Å². The lowest BCUT2D eigenvalue weighted by atomic mass is 10.1. The number of hydrogen-bond donors (Lipinski definition) is 1. The van der Waals surface area contributed by atoms with Gasteiger partial charge in [-0.2, -0.15) is 0 Å². The van der Waals surface area contributed by atoms with Crippen LogP contribution in [0.3, 0.4) is 0 Å². The van der Waals surface area contributed by atoms with Gasteiger partial charge < -0.3 is 5.32 Å². The third-order valence-electron chi connectivity index (χ3n) is 4.08. The Hall–Kier alpha value is -0.120. The summed E-state index contributed by atoms with van der Waals surface area (Å²) < 4.78 is 0. The SMILES string of the molecule is CCCCC(C)NCC1CN2CCN1CC2. The van der Waals surface area contributed by atoms with Gasteiger partial charge in [0.25, 0.3) is 0 Å². The lowest BCUT2D eigenvalue weighted by Gasteiger charge is -2.47. The number of unbranched alkanes of at least 4 members (excludes halogenated alkanes) is 1. The molecule has 3 aliphatic heterocycles. The molecule has 0 radical (unpaired) electrons. The molecule has 0 saturated carbocycles. The molecule has 0 aromatic heterocycles. The minimum absolute atomic E-state index is 0.691. The van der Waals surface area contributed by atoms with Crippen LogP contribution in [0.15, 0.2) is 0 Å². The standard InChI is InChI=1S/C13H27N3/c1-3-4-5-12(2)14-10-13-11-15-6-8-16(13)9-7-15/h12-14H,3-11H2,1-2H3. The largest absolute Gasteiger partial charge is 0.313 e. The van der Waals surface area contributed by atoms with E-state index in [0.29, 0.717) is 6.04 Å². The van der Waals surface area contributed by atoms with Gasteiger partial charge in [0, 0.05) is 51.4 Å². The molecule has 16 heavy (non-hydrogen) atoms. The number of nitrogens with one attached hydrogen (secondary N) is 1. The molecule has 3 nitrogen and oxygen atoms in total. The highest BCUT2D eigenvalue weighted by atomic mass is 15.3. The number of nitrogens with zero attached hydrogens (tertiary/aromatic N) is 2. The first kappa shape index (κ1) is 12.3. The highest BCUT2D eigenvalue weighted by Gasteiger charge is 2.31. The van der Waals surface area contributed by atoms with Crippen LogP contribution in [0.1, 0.15) is 33.1 Å².